The first-order valence-corrected chi connectivity index (χ1v) is 4.31. The van der Waals surface area contributed by atoms with E-state index < -0.39 is 0 Å². The summed E-state index contributed by atoms with van der Waals surface area (Å²) in [4.78, 5) is 0. The Hall–Kier alpha value is -0.260. The minimum atomic E-state index is 0.706. The first kappa shape index (κ1) is 12.4. The normalized spacial score (nSPS) is 10.4. The predicted octanol–water partition coefficient (Wildman–Crippen LogP) is 3.88. The van der Waals surface area contributed by atoms with Crippen molar-refractivity contribution in [2.45, 2.75) is 41.5 Å². The van der Waals surface area contributed by atoms with Crippen molar-refractivity contribution in [3.63, 3.8) is 0 Å². The highest BCUT2D eigenvalue weighted by Gasteiger charge is 1.85. The first-order valence-electron chi connectivity index (χ1n) is 4.31. The fraction of sp³-hybridized carbons (Fsp3) is 0.800. The van der Waals surface area contributed by atoms with Gasteiger partial charge in [0, 0.05) is 0 Å². The molecule has 0 aromatic carbocycles. The summed E-state index contributed by atoms with van der Waals surface area (Å²) in [7, 11) is 0. The van der Waals surface area contributed by atoms with Crippen LogP contribution in [0.5, 0.6) is 0 Å². The third-order valence-electron chi connectivity index (χ3n) is 0.881. The van der Waals surface area contributed by atoms with Gasteiger partial charge in [0.05, 0.1) is 0 Å². The van der Waals surface area contributed by atoms with Gasteiger partial charge in [0.25, 0.3) is 0 Å². The first-order chi connectivity index (χ1) is 4.63. The quantitative estimate of drug-likeness (QED) is 0.513. The highest BCUT2D eigenvalue weighted by Crippen LogP contribution is 1.99. The van der Waals surface area contributed by atoms with Crippen LogP contribution in [0.2, 0.25) is 0 Å². The van der Waals surface area contributed by atoms with Gasteiger partial charge in [-0.05, 0) is 11.8 Å². The third-order valence-corrected chi connectivity index (χ3v) is 0.881. The lowest BCUT2D eigenvalue weighted by Crippen LogP contribution is -1.81. The molecule has 0 radical (unpaired) electrons. The maximum absolute atomic E-state index is 2.24. The van der Waals surface area contributed by atoms with E-state index in [1.807, 2.05) is 13.8 Å². The molecule has 0 aromatic rings. The lowest BCUT2D eigenvalue weighted by molar-refractivity contribution is 0.780. The van der Waals surface area contributed by atoms with E-state index in [0.29, 0.717) is 11.8 Å². The molecule has 0 heteroatoms. The number of rotatable bonds is 2. The van der Waals surface area contributed by atoms with Crippen LogP contribution >= 0.6 is 0 Å². The van der Waals surface area contributed by atoms with Gasteiger partial charge in [-0.15, -0.1) is 0 Å². The van der Waals surface area contributed by atoms with E-state index in [4.69, 9.17) is 0 Å². The SMILES string of the molecule is CC.CC(C)C=CC(C)C. The second-order valence-corrected chi connectivity index (χ2v) is 2.87. The Bertz CT molecular complexity index is 58.1. The largest absolute Gasteiger partial charge is 0.0857 e. The maximum Gasteiger partial charge on any atom is -0.0290 e. The molecule has 0 saturated heterocycles. The Kier molecular flexibility index (Phi) is 10.9. The fourth-order valence-electron chi connectivity index (χ4n) is 0.444. The smallest absolute Gasteiger partial charge is 0.0290 e. The minimum absolute atomic E-state index is 0.706. The van der Waals surface area contributed by atoms with Gasteiger partial charge < -0.3 is 0 Å². The van der Waals surface area contributed by atoms with E-state index >= 15 is 0 Å². The molecule has 0 aliphatic rings. The lowest BCUT2D eigenvalue weighted by Gasteiger charge is -1.95. The van der Waals surface area contributed by atoms with Gasteiger partial charge in [-0.25, -0.2) is 0 Å². The minimum Gasteiger partial charge on any atom is -0.0857 e. The Morgan fingerprint density at radius 1 is 0.700 bits per heavy atom. The van der Waals surface area contributed by atoms with Gasteiger partial charge in [-0.3, -0.25) is 0 Å². The van der Waals surface area contributed by atoms with Crippen molar-refractivity contribution in [2.24, 2.45) is 11.8 Å². The zero-order valence-electron chi connectivity index (χ0n) is 8.31. The third kappa shape index (κ3) is 15.6. The maximum atomic E-state index is 2.24. The molecular weight excluding hydrogens is 120 g/mol. The summed E-state index contributed by atoms with van der Waals surface area (Å²) in [6.45, 7) is 12.8. The molecule has 0 heterocycles. The molecule has 0 nitrogen and oxygen atoms in total. The van der Waals surface area contributed by atoms with Gasteiger partial charge >= 0.3 is 0 Å². The molecule has 0 aliphatic heterocycles. The summed E-state index contributed by atoms with van der Waals surface area (Å²) >= 11 is 0. The van der Waals surface area contributed by atoms with Crippen LogP contribution < -0.4 is 0 Å². The monoisotopic (exact) mass is 142 g/mol. The van der Waals surface area contributed by atoms with Crippen molar-refractivity contribution in [3.05, 3.63) is 12.2 Å². The van der Waals surface area contributed by atoms with E-state index in [1.165, 1.54) is 0 Å². The standard InChI is InChI=1S/C8H16.C2H6/c1-7(2)5-6-8(3)4;1-2/h5-8H,1-4H3;1-2H3. The topological polar surface area (TPSA) is 0 Å². The van der Waals surface area contributed by atoms with Crippen LogP contribution in [0.3, 0.4) is 0 Å². The second-order valence-electron chi connectivity index (χ2n) is 2.87. The summed E-state index contributed by atoms with van der Waals surface area (Å²) < 4.78 is 0. The van der Waals surface area contributed by atoms with Gasteiger partial charge in [-0.1, -0.05) is 53.7 Å². The number of hydrogen-bond donors (Lipinski definition) is 0. The molecule has 0 rings (SSSR count). The van der Waals surface area contributed by atoms with E-state index in [2.05, 4.69) is 39.8 Å². The predicted molar refractivity (Wildman–Crippen MR) is 50.2 cm³/mol. The summed E-state index contributed by atoms with van der Waals surface area (Å²) in [5, 5.41) is 0. The Morgan fingerprint density at radius 2 is 0.900 bits per heavy atom. The van der Waals surface area contributed by atoms with Crippen LogP contribution in [-0.2, 0) is 0 Å². The van der Waals surface area contributed by atoms with E-state index in [-0.39, 0.29) is 0 Å². The lowest BCUT2D eigenvalue weighted by atomic mass is 10.1. The molecule has 0 spiro atoms. The molecule has 62 valence electrons. The van der Waals surface area contributed by atoms with Crippen molar-refractivity contribution in [2.75, 3.05) is 0 Å². The molecule has 0 bridgehead atoms. The van der Waals surface area contributed by atoms with Crippen LogP contribution in [0.1, 0.15) is 41.5 Å². The average Bonchev–Trinajstić information content (AvgIpc) is 1.89. The van der Waals surface area contributed by atoms with Crippen LogP contribution in [0, 0.1) is 11.8 Å². The molecule has 0 unspecified atom stereocenters. The van der Waals surface area contributed by atoms with Crippen molar-refractivity contribution in [1.82, 2.24) is 0 Å². The number of allylic oxidation sites excluding steroid dienone is 2. The zero-order chi connectivity index (χ0) is 8.57. The summed E-state index contributed by atoms with van der Waals surface area (Å²) in [5.41, 5.74) is 0. The van der Waals surface area contributed by atoms with Crippen molar-refractivity contribution in [3.8, 4) is 0 Å². The Labute approximate surface area is 66.3 Å². The Morgan fingerprint density at radius 3 is 1.00 bits per heavy atom. The van der Waals surface area contributed by atoms with E-state index in [9.17, 15) is 0 Å². The van der Waals surface area contributed by atoms with Gasteiger partial charge in [-0.2, -0.15) is 0 Å². The molecule has 0 saturated carbocycles. The van der Waals surface area contributed by atoms with Crippen molar-refractivity contribution >= 4 is 0 Å². The van der Waals surface area contributed by atoms with Crippen LogP contribution in [-0.4, -0.2) is 0 Å². The molecule has 0 aliphatic carbocycles. The highest BCUT2D eigenvalue weighted by atomic mass is 13.9. The van der Waals surface area contributed by atoms with Gasteiger partial charge in [0.15, 0.2) is 0 Å². The fourth-order valence-corrected chi connectivity index (χ4v) is 0.444. The second kappa shape index (κ2) is 8.74. The van der Waals surface area contributed by atoms with Crippen LogP contribution in [0.25, 0.3) is 0 Å². The molecule has 0 atom stereocenters. The summed E-state index contributed by atoms with van der Waals surface area (Å²) in [5.74, 6) is 1.41. The van der Waals surface area contributed by atoms with Crippen LogP contribution in [0.4, 0.5) is 0 Å². The van der Waals surface area contributed by atoms with E-state index in [0.717, 1.165) is 0 Å². The molecule has 10 heavy (non-hydrogen) atoms. The molecular formula is C10H22. The Balaban J connectivity index is 0. The highest BCUT2D eigenvalue weighted by molar-refractivity contribution is 4.86. The van der Waals surface area contributed by atoms with E-state index in [1.54, 1.807) is 0 Å². The molecule has 0 N–H and O–H groups in total. The number of hydrogen-bond acceptors (Lipinski definition) is 0. The van der Waals surface area contributed by atoms with Gasteiger partial charge in [0.1, 0.15) is 0 Å². The summed E-state index contributed by atoms with van der Waals surface area (Å²) in [6, 6.07) is 0. The van der Waals surface area contributed by atoms with Gasteiger partial charge in [0.2, 0.25) is 0 Å². The summed E-state index contributed by atoms with van der Waals surface area (Å²) in [6.07, 6.45) is 4.48. The van der Waals surface area contributed by atoms with Crippen molar-refractivity contribution < 1.29 is 0 Å². The van der Waals surface area contributed by atoms with Crippen LogP contribution in [0.15, 0.2) is 12.2 Å². The van der Waals surface area contributed by atoms with Crippen molar-refractivity contribution in [1.29, 1.82) is 0 Å². The molecule has 0 aromatic heterocycles. The average molecular weight is 142 g/mol. The molecule has 0 fully saturated rings. The zero-order valence-corrected chi connectivity index (χ0v) is 8.31. The molecule has 0 amide bonds.